The number of para-hydroxylation sites is 2. The fourth-order valence-electron chi connectivity index (χ4n) is 8.07. The van der Waals surface area contributed by atoms with E-state index in [0.717, 1.165) is 61.2 Å². The van der Waals surface area contributed by atoms with Gasteiger partial charge in [-0.15, -0.1) is 0 Å². The third kappa shape index (κ3) is 5.39. The molecule has 262 valence electrons. The first kappa shape index (κ1) is 31.9. The van der Waals surface area contributed by atoms with Crippen LogP contribution in [0.3, 0.4) is 0 Å². The van der Waals surface area contributed by atoms with Gasteiger partial charge in [-0.2, -0.15) is 0 Å². The Morgan fingerprint density at radius 2 is 0.893 bits per heavy atom. The van der Waals surface area contributed by atoms with Crippen LogP contribution in [0.5, 0.6) is 0 Å². The van der Waals surface area contributed by atoms with Crippen LogP contribution in [0, 0.1) is 0 Å². The minimum absolute atomic E-state index is 0.666. The van der Waals surface area contributed by atoms with E-state index < -0.39 is 0 Å². The molecule has 0 fully saturated rings. The Labute approximate surface area is 323 Å². The third-order valence-corrected chi connectivity index (χ3v) is 10.8. The number of furan rings is 1. The van der Waals surface area contributed by atoms with Crippen molar-refractivity contribution in [1.29, 1.82) is 0 Å². The van der Waals surface area contributed by atoms with Gasteiger partial charge in [-0.25, -0.2) is 9.97 Å². The number of rotatable bonds is 6. The number of fused-ring (bicyclic) bond motifs is 6. The highest BCUT2D eigenvalue weighted by molar-refractivity contribution is 6.11. The molecule has 0 saturated carbocycles. The van der Waals surface area contributed by atoms with Crippen molar-refractivity contribution in [3.63, 3.8) is 0 Å². The number of hydrogen-bond donors (Lipinski definition) is 0. The molecule has 0 bridgehead atoms. The second kappa shape index (κ2) is 13.1. The van der Waals surface area contributed by atoms with E-state index in [9.17, 15) is 0 Å². The molecule has 0 spiro atoms. The van der Waals surface area contributed by atoms with Crippen LogP contribution in [0.25, 0.3) is 106 Å². The third-order valence-electron chi connectivity index (χ3n) is 10.8. The Kier molecular flexibility index (Phi) is 7.46. The van der Waals surface area contributed by atoms with E-state index in [2.05, 4.69) is 180 Å². The predicted octanol–water partition coefficient (Wildman–Crippen LogP) is 13.8. The lowest BCUT2D eigenvalue weighted by molar-refractivity contribution is 0.667. The first-order valence-electron chi connectivity index (χ1n) is 18.9. The number of aromatic nitrogens is 3. The zero-order valence-corrected chi connectivity index (χ0v) is 30.3. The van der Waals surface area contributed by atoms with Crippen molar-refractivity contribution in [2.45, 2.75) is 0 Å². The molecule has 3 heterocycles. The molecule has 8 aromatic carbocycles. The molecule has 56 heavy (non-hydrogen) atoms. The minimum atomic E-state index is 0.666. The van der Waals surface area contributed by atoms with Crippen molar-refractivity contribution in [2.24, 2.45) is 0 Å². The van der Waals surface area contributed by atoms with E-state index >= 15 is 0 Å². The molecule has 0 unspecified atom stereocenters. The zero-order chi connectivity index (χ0) is 37.0. The number of benzene rings is 8. The number of nitrogens with zero attached hydrogens (tertiary/aromatic N) is 3. The van der Waals surface area contributed by atoms with Gasteiger partial charge in [0.05, 0.1) is 11.0 Å². The summed E-state index contributed by atoms with van der Waals surface area (Å²) in [6.07, 6.45) is 0. The fraction of sp³-hybridized carbons (Fsp3) is 0. The van der Waals surface area contributed by atoms with Gasteiger partial charge in [-0.05, 0) is 81.9 Å². The summed E-state index contributed by atoms with van der Waals surface area (Å²) >= 11 is 0. The van der Waals surface area contributed by atoms with Gasteiger partial charge in [0, 0.05) is 33.0 Å². The Hall–Kier alpha value is -7.56. The van der Waals surface area contributed by atoms with E-state index in [1.807, 2.05) is 24.3 Å². The van der Waals surface area contributed by atoms with E-state index in [1.54, 1.807) is 0 Å². The second-order valence-electron chi connectivity index (χ2n) is 14.2. The molecule has 0 aliphatic heterocycles. The molecule has 0 amide bonds. The Morgan fingerprint density at radius 3 is 1.64 bits per heavy atom. The summed E-state index contributed by atoms with van der Waals surface area (Å²) in [6, 6.07) is 70.4. The maximum Gasteiger partial charge on any atom is 0.180 e. The van der Waals surface area contributed by atoms with Crippen molar-refractivity contribution in [1.82, 2.24) is 14.5 Å². The van der Waals surface area contributed by atoms with Crippen LogP contribution in [0.15, 0.2) is 205 Å². The van der Waals surface area contributed by atoms with Crippen molar-refractivity contribution < 1.29 is 4.42 Å². The van der Waals surface area contributed by atoms with E-state index in [1.165, 1.54) is 32.9 Å². The Balaban J connectivity index is 1.02. The first-order valence-corrected chi connectivity index (χ1v) is 18.9. The highest BCUT2D eigenvalue weighted by Gasteiger charge is 2.19. The minimum Gasteiger partial charge on any atom is -0.452 e. The van der Waals surface area contributed by atoms with Crippen LogP contribution >= 0.6 is 0 Å². The molecular formula is C52H33N3O. The van der Waals surface area contributed by atoms with E-state index in [-0.39, 0.29) is 0 Å². The standard InChI is InChI=1S/C52H33N3O/c1-4-13-34(14-5-1)35-23-25-36(26-24-35)49-51-50(54-52(53-49)37-15-6-2-7-16-37)45-33-41(28-30-48(45)56-51)39-18-12-17-38(31-39)40-27-29-47-44(32-40)43-21-10-11-22-46(43)55(47)42-19-8-3-9-20-42/h1-33H. The summed E-state index contributed by atoms with van der Waals surface area (Å²) in [6.45, 7) is 0. The predicted molar refractivity (Wildman–Crippen MR) is 231 cm³/mol. The van der Waals surface area contributed by atoms with Gasteiger partial charge in [0.15, 0.2) is 11.4 Å². The van der Waals surface area contributed by atoms with Crippen molar-refractivity contribution >= 4 is 43.9 Å². The molecule has 0 aliphatic carbocycles. The lowest BCUT2D eigenvalue weighted by Crippen LogP contribution is -1.94. The van der Waals surface area contributed by atoms with Gasteiger partial charge < -0.3 is 8.98 Å². The van der Waals surface area contributed by atoms with Crippen LogP contribution in [0.1, 0.15) is 0 Å². The van der Waals surface area contributed by atoms with Crippen LogP contribution in [0.2, 0.25) is 0 Å². The SMILES string of the molecule is c1ccc(-c2ccc(-c3nc(-c4ccccc4)nc4c3oc3ccc(-c5cccc(-c6ccc7c(c6)c6ccccc6n7-c6ccccc6)c5)cc34)cc2)cc1. The smallest absolute Gasteiger partial charge is 0.180 e. The second-order valence-corrected chi connectivity index (χ2v) is 14.2. The van der Waals surface area contributed by atoms with Crippen LogP contribution < -0.4 is 0 Å². The van der Waals surface area contributed by atoms with Crippen molar-refractivity contribution in [2.75, 3.05) is 0 Å². The molecule has 0 N–H and O–H groups in total. The van der Waals surface area contributed by atoms with Crippen molar-refractivity contribution in [3.8, 4) is 61.7 Å². The Morgan fingerprint density at radius 1 is 0.357 bits per heavy atom. The van der Waals surface area contributed by atoms with Gasteiger partial charge in [-0.3, -0.25) is 0 Å². The highest BCUT2D eigenvalue weighted by Crippen LogP contribution is 2.39. The van der Waals surface area contributed by atoms with Gasteiger partial charge in [0.25, 0.3) is 0 Å². The molecule has 0 radical (unpaired) electrons. The van der Waals surface area contributed by atoms with Crippen LogP contribution in [-0.2, 0) is 0 Å². The van der Waals surface area contributed by atoms with E-state index in [4.69, 9.17) is 14.4 Å². The topological polar surface area (TPSA) is 43.9 Å². The van der Waals surface area contributed by atoms with E-state index in [0.29, 0.717) is 11.4 Å². The molecule has 11 rings (SSSR count). The first-order chi connectivity index (χ1) is 27.7. The summed E-state index contributed by atoms with van der Waals surface area (Å²) in [5, 5.41) is 3.43. The Bertz CT molecular complexity index is 3220. The van der Waals surface area contributed by atoms with Gasteiger partial charge >= 0.3 is 0 Å². The maximum atomic E-state index is 6.61. The molecule has 0 atom stereocenters. The average Bonchev–Trinajstić information content (AvgIpc) is 3.82. The summed E-state index contributed by atoms with van der Waals surface area (Å²) in [5.41, 5.74) is 15.4. The average molecular weight is 716 g/mol. The van der Waals surface area contributed by atoms with Gasteiger partial charge in [0.1, 0.15) is 16.8 Å². The van der Waals surface area contributed by atoms with Gasteiger partial charge in [0.2, 0.25) is 0 Å². The molecule has 4 nitrogen and oxygen atoms in total. The monoisotopic (exact) mass is 715 g/mol. The van der Waals surface area contributed by atoms with Gasteiger partial charge in [-0.1, -0.05) is 152 Å². The molecule has 4 heteroatoms. The highest BCUT2D eigenvalue weighted by atomic mass is 16.3. The maximum absolute atomic E-state index is 6.61. The molecular weight excluding hydrogens is 683 g/mol. The zero-order valence-electron chi connectivity index (χ0n) is 30.3. The van der Waals surface area contributed by atoms with Crippen LogP contribution in [0.4, 0.5) is 0 Å². The lowest BCUT2D eigenvalue weighted by atomic mass is 9.97. The lowest BCUT2D eigenvalue weighted by Gasteiger charge is -2.09. The largest absolute Gasteiger partial charge is 0.452 e. The molecule has 0 saturated heterocycles. The van der Waals surface area contributed by atoms with Crippen molar-refractivity contribution in [3.05, 3.63) is 200 Å². The summed E-state index contributed by atoms with van der Waals surface area (Å²) in [4.78, 5) is 10.3. The fourth-order valence-corrected chi connectivity index (χ4v) is 8.07. The molecule has 11 aromatic rings. The summed E-state index contributed by atoms with van der Waals surface area (Å²) in [7, 11) is 0. The summed E-state index contributed by atoms with van der Waals surface area (Å²) in [5.74, 6) is 0.666. The molecule has 0 aliphatic rings. The summed E-state index contributed by atoms with van der Waals surface area (Å²) < 4.78 is 8.97. The number of hydrogen-bond acceptors (Lipinski definition) is 3. The van der Waals surface area contributed by atoms with Crippen LogP contribution in [-0.4, -0.2) is 14.5 Å². The molecule has 3 aromatic heterocycles. The normalized spacial score (nSPS) is 11.6. The quantitative estimate of drug-likeness (QED) is 0.172.